The van der Waals surface area contributed by atoms with Gasteiger partial charge in [0.05, 0.1) is 5.56 Å². The van der Waals surface area contributed by atoms with E-state index >= 15 is 0 Å². The second-order valence-electron chi connectivity index (χ2n) is 3.15. The van der Waals surface area contributed by atoms with Crippen LogP contribution in [-0.4, -0.2) is 17.9 Å². The van der Waals surface area contributed by atoms with Crippen LogP contribution in [0.4, 0.5) is 13.2 Å². The van der Waals surface area contributed by atoms with E-state index in [1.54, 1.807) is 0 Å². The molecule has 0 aliphatic rings. The first-order valence-electron chi connectivity index (χ1n) is 4.77. The molecular weight excluding hydrogens is 289 g/mol. The summed E-state index contributed by atoms with van der Waals surface area (Å²) in [5.41, 5.74) is 4.39. The highest BCUT2D eigenvalue weighted by Crippen LogP contribution is 2.30. The number of benzene rings is 1. The van der Waals surface area contributed by atoms with Crippen molar-refractivity contribution in [3.05, 3.63) is 29.8 Å². The Balaban J connectivity index is 2.65. The Kier molecular flexibility index (Phi) is 4.99. The molecule has 9 heteroatoms. The van der Waals surface area contributed by atoms with Gasteiger partial charge in [0.15, 0.2) is 0 Å². The molecule has 0 heterocycles. The summed E-state index contributed by atoms with van der Waals surface area (Å²) in [5.74, 6) is -1.26. The summed E-state index contributed by atoms with van der Waals surface area (Å²) in [4.78, 5) is 14.8. The van der Waals surface area contributed by atoms with E-state index in [4.69, 9.17) is 22.1 Å². The van der Waals surface area contributed by atoms with Crippen LogP contribution in [0, 0.1) is 0 Å². The Morgan fingerprint density at radius 2 is 1.89 bits per heavy atom. The average Bonchev–Trinajstić information content (AvgIpc) is 2.35. The molecule has 0 saturated carbocycles. The molecule has 0 aromatic heterocycles. The van der Waals surface area contributed by atoms with E-state index in [0.717, 1.165) is 24.3 Å². The number of alkyl halides is 4. The zero-order valence-electron chi connectivity index (χ0n) is 9.28. The van der Waals surface area contributed by atoms with Crippen LogP contribution in [0.15, 0.2) is 29.4 Å². The number of nitrogens with two attached hydrogens (primary N) is 1. The normalized spacial score (nSPS) is 12.1. The molecule has 1 rings (SSSR count). The molecule has 0 radical (unpaired) electrons. The second kappa shape index (κ2) is 6.28. The molecular formula is C10H8ClF3N2O3. The molecule has 0 saturated heterocycles. The van der Waals surface area contributed by atoms with Gasteiger partial charge < -0.3 is 15.3 Å². The fraction of sp³-hybridized carbons (Fsp3) is 0.200. The Morgan fingerprint density at radius 1 is 1.32 bits per heavy atom. The molecule has 0 fully saturated rings. The third-order valence-electron chi connectivity index (χ3n) is 1.75. The number of carbonyl (C=O) groups excluding carboxylic acids is 1. The molecule has 0 unspecified atom stereocenters. The first kappa shape index (κ1) is 15.1. The van der Waals surface area contributed by atoms with Crippen LogP contribution in [0.5, 0.6) is 5.75 Å². The number of amidine groups is 1. The molecule has 5 nitrogen and oxygen atoms in total. The third kappa shape index (κ3) is 5.04. The van der Waals surface area contributed by atoms with E-state index in [9.17, 15) is 18.0 Å². The zero-order valence-corrected chi connectivity index (χ0v) is 10.0. The minimum Gasteiger partial charge on any atom is -0.424 e. The van der Waals surface area contributed by atoms with E-state index in [2.05, 4.69) is 9.99 Å². The number of halogens is 4. The molecule has 0 amide bonds. The molecule has 1 aromatic rings. The van der Waals surface area contributed by atoms with Crippen LogP contribution in [0.3, 0.4) is 0 Å². The van der Waals surface area contributed by atoms with Gasteiger partial charge in [-0.2, -0.15) is 13.2 Å². The molecule has 104 valence electrons. The fourth-order valence-electron chi connectivity index (χ4n) is 0.972. The standard InChI is InChI=1S/C10H8ClF3N2O3/c11-5-8(17)19-16-9(15)18-7-3-1-6(2-4-7)10(12,13)14/h1-4H,5H2,(H2,15,16). The van der Waals surface area contributed by atoms with Crippen molar-refractivity contribution in [2.24, 2.45) is 10.9 Å². The fourth-order valence-corrected chi connectivity index (χ4v) is 1.02. The van der Waals surface area contributed by atoms with Gasteiger partial charge in [-0.05, 0) is 29.4 Å². The summed E-state index contributed by atoms with van der Waals surface area (Å²) in [6.07, 6.45) is -4.44. The highest BCUT2D eigenvalue weighted by Gasteiger charge is 2.30. The van der Waals surface area contributed by atoms with Crippen LogP contribution in [0.1, 0.15) is 5.56 Å². The number of oxime groups is 1. The van der Waals surface area contributed by atoms with Gasteiger partial charge in [-0.3, -0.25) is 0 Å². The summed E-state index contributed by atoms with van der Waals surface area (Å²) in [5, 5.41) is 3.08. The monoisotopic (exact) mass is 296 g/mol. The van der Waals surface area contributed by atoms with E-state index in [-0.39, 0.29) is 5.75 Å². The lowest BCUT2D eigenvalue weighted by Gasteiger charge is -2.07. The molecule has 19 heavy (non-hydrogen) atoms. The van der Waals surface area contributed by atoms with Crippen LogP contribution in [-0.2, 0) is 15.8 Å². The highest BCUT2D eigenvalue weighted by atomic mass is 35.5. The molecule has 0 spiro atoms. The van der Waals surface area contributed by atoms with Gasteiger partial charge in [-0.15, -0.1) is 11.6 Å². The minimum atomic E-state index is -4.44. The van der Waals surface area contributed by atoms with Gasteiger partial charge in [0.2, 0.25) is 0 Å². The number of rotatable bonds is 3. The van der Waals surface area contributed by atoms with Crippen molar-refractivity contribution in [2.45, 2.75) is 6.18 Å². The lowest BCUT2D eigenvalue weighted by Crippen LogP contribution is -2.21. The largest absolute Gasteiger partial charge is 0.424 e. The summed E-state index contributed by atoms with van der Waals surface area (Å²) < 4.78 is 41.6. The van der Waals surface area contributed by atoms with E-state index in [1.165, 1.54) is 0 Å². The van der Waals surface area contributed by atoms with E-state index in [1.807, 2.05) is 0 Å². The average molecular weight is 297 g/mol. The predicted octanol–water partition coefficient (Wildman–Crippen LogP) is 2.10. The summed E-state index contributed by atoms with van der Waals surface area (Å²) in [6, 6.07) is 3.18. The van der Waals surface area contributed by atoms with Gasteiger partial charge in [0.1, 0.15) is 11.6 Å². The van der Waals surface area contributed by atoms with Crippen molar-refractivity contribution in [3.8, 4) is 5.75 Å². The maximum atomic E-state index is 12.3. The molecule has 0 atom stereocenters. The smallest absolute Gasteiger partial charge is 0.416 e. The maximum Gasteiger partial charge on any atom is 0.416 e. The third-order valence-corrected chi connectivity index (χ3v) is 1.97. The van der Waals surface area contributed by atoms with Crippen molar-refractivity contribution in [1.29, 1.82) is 0 Å². The molecule has 0 aliphatic heterocycles. The lowest BCUT2D eigenvalue weighted by atomic mass is 10.2. The maximum absolute atomic E-state index is 12.3. The highest BCUT2D eigenvalue weighted by molar-refractivity contribution is 6.26. The number of carbonyl (C=O) groups is 1. The first-order chi connectivity index (χ1) is 8.82. The lowest BCUT2D eigenvalue weighted by molar-refractivity contribution is -0.141. The summed E-state index contributed by atoms with van der Waals surface area (Å²) in [6.45, 7) is 0. The van der Waals surface area contributed by atoms with Gasteiger partial charge in [0.25, 0.3) is 0 Å². The number of nitrogens with zero attached hydrogens (tertiary/aromatic N) is 1. The van der Waals surface area contributed by atoms with E-state index < -0.39 is 29.6 Å². The van der Waals surface area contributed by atoms with Gasteiger partial charge in [-0.1, -0.05) is 0 Å². The summed E-state index contributed by atoms with van der Waals surface area (Å²) in [7, 11) is 0. The number of hydrogen-bond acceptors (Lipinski definition) is 4. The van der Waals surface area contributed by atoms with Crippen LogP contribution in [0.2, 0.25) is 0 Å². The topological polar surface area (TPSA) is 73.9 Å². The zero-order chi connectivity index (χ0) is 14.5. The van der Waals surface area contributed by atoms with E-state index in [0.29, 0.717) is 0 Å². The Bertz CT molecular complexity index is 474. The Morgan fingerprint density at radius 3 is 2.37 bits per heavy atom. The van der Waals surface area contributed by atoms with Crippen molar-refractivity contribution in [2.75, 3.05) is 5.88 Å². The Hall–Kier alpha value is -1.96. The van der Waals surface area contributed by atoms with Gasteiger partial charge in [0, 0.05) is 0 Å². The predicted molar refractivity (Wildman–Crippen MR) is 60.5 cm³/mol. The molecule has 0 aliphatic carbocycles. The van der Waals surface area contributed by atoms with Crippen molar-refractivity contribution in [3.63, 3.8) is 0 Å². The minimum absolute atomic E-state index is 0.0103. The van der Waals surface area contributed by atoms with Crippen molar-refractivity contribution in [1.82, 2.24) is 0 Å². The Labute approximate surface area is 110 Å². The van der Waals surface area contributed by atoms with Gasteiger partial charge in [-0.25, -0.2) is 4.79 Å². The SMILES string of the molecule is NC(=NOC(=O)CCl)Oc1ccc(C(F)(F)F)cc1. The van der Waals surface area contributed by atoms with Crippen LogP contribution in [0.25, 0.3) is 0 Å². The first-order valence-corrected chi connectivity index (χ1v) is 5.31. The molecule has 0 bridgehead atoms. The van der Waals surface area contributed by atoms with Gasteiger partial charge >= 0.3 is 18.2 Å². The van der Waals surface area contributed by atoms with Crippen molar-refractivity contribution >= 4 is 23.6 Å². The second-order valence-corrected chi connectivity index (χ2v) is 3.42. The van der Waals surface area contributed by atoms with Crippen LogP contribution >= 0.6 is 11.6 Å². The quantitative estimate of drug-likeness (QED) is 0.305. The van der Waals surface area contributed by atoms with Crippen LogP contribution < -0.4 is 10.5 Å². The molecule has 2 N–H and O–H groups in total. The summed E-state index contributed by atoms with van der Waals surface area (Å²) >= 11 is 5.12. The molecule has 1 aromatic carbocycles. The number of ether oxygens (including phenoxy) is 1. The number of hydrogen-bond donors (Lipinski definition) is 1. The van der Waals surface area contributed by atoms with Crippen molar-refractivity contribution < 1.29 is 27.5 Å².